The Morgan fingerprint density at radius 3 is 2.61 bits per heavy atom. The molecule has 0 saturated carbocycles. The molecule has 2 heterocycles. The van der Waals surface area contributed by atoms with Gasteiger partial charge in [-0.25, -0.2) is 0 Å². The van der Waals surface area contributed by atoms with Gasteiger partial charge in [-0.15, -0.1) is 0 Å². The Morgan fingerprint density at radius 1 is 0.893 bits per heavy atom. The summed E-state index contributed by atoms with van der Waals surface area (Å²) in [5.74, 6) is 0.644. The zero-order chi connectivity index (χ0) is 19.3. The zero-order valence-corrected chi connectivity index (χ0v) is 16.5. The standard InChI is InChI=1S/C26H23NO/c1-16(2)12-18-8-9-20-19(15-18)10-11-27-25(20)23-14-17(3)13-22-21-6-4-5-7-24(21)28-26(22)23/h4-11,13-16H,12H2,1-3H3. The summed E-state index contributed by atoms with van der Waals surface area (Å²) in [5, 5.41) is 4.71. The fourth-order valence-corrected chi connectivity index (χ4v) is 4.19. The Kier molecular flexibility index (Phi) is 3.94. The maximum absolute atomic E-state index is 6.28. The first kappa shape index (κ1) is 17.0. The van der Waals surface area contributed by atoms with E-state index in [-0.39, 0.29) is 0 Å². The fourth-order valence-electron chi connectivity index (χ4n) is 4.19. The summed E-state index contributed by atoms with van der Waals surface area (Å²) in [5.41, 5.74) is 6.47. The molecule has 0 fully saturated rings. The van der Waals surface area contributed by atoms with Crippen molar-refractivity contribution in [2.45, 2.75) is 27.2 Å². The maximum atomic E-state index is 6.28. The van der Waals surface area contributed by atoms with E-state index in [1.165, 1.54) is 21.9 Å². The van der Waals surface area contributed by atoms with Crippen LogP contribution in [0.15, 0.2) is 71.3 Å². The molecule has 0 unspecified atom stereocenters. The van der Waals surface area contributed by atoms with Gasteiger partial charge >= 0.3 is 0 Å². The van der Waals surface area contributed by atoms with Crippen LogP contribution in [0.4, 0.5) is 0 Å². The molecule has 0 N–H and O–H groups in total. The van der Waals surface area contributed by atoms with Crippen LogP contribution in [0.3, 0.4) is 0 Å². The van der Waals surface area contributed by atoms with Crippen LogP contribution in [-0.2, 0) is 6.42 Å². The van der Waals surface area contributed by atoms with E-state index in [1.807, 2.05) is 18.3 Å². The molecule has 0 amide bonds. The molecule has 3 aromatic carbocycles. The third kappa shape index (κ3) is 2.77. The number of benzene rings is 3. The molecule has 0 aliphatic heterocycles. The van der Waals surface area contributed by atoms with Gasteiger partial charge in [-0.2, -0.15) is 0 Å². The van der Waals surface area contributed by atoms with Crippen LogP contribution < -0.4 is 0 Å². The summed E-state index contributed by atoms with van der Waals surface area (Å²) in [7, 11) is 0. The summed E-state index contributed by atoms with van der Waals surface area (Å²) in [4.78, 5) is 4.77. The normalized spacial score (nSPS) is 11.9. The Morgan fingerprint density at radius 2 is 1.75 bits per heavy atom. The second kappa shape index (κ2) is 6.49. The van der Waals surface area contributed by atoms with Crippen molar-refractivity contribution >= 4 is 32.7 Å². The minimum absolute atomic E-state index is 0.644. The van der Waals surface area contributed by atoms with Gasteiger partial charge in [-0.3, -0.25) is 4.98 Å². The number of nitrogens with zero attached hydrogens (tertiary/aromatic N) is 1. The molecule has 2 aromatic heterocycles. The van der Waals surface area contributed by atoms with Crippen LogP contribution in [0.2, 0.25) is 0 Å². The Bertz CT molecular complexity index is 1330. The maximum Gasteiger partial charge on any atom is 0.144 e. The van der Waals surface area contributed by atoms with Crippen LogP contribution >= 0.6 is 0 Å². The highest BCUT2D eigenvalue weighted by molar-refractivity contribution is 6.11. The fraction of sp³-hybridized carbons (Fsp3) is 0.192. The third-order valence-electron chi connectivity index (χ3n) is 5.35. The molecular weight excluding hydrogens is 342 g/mol. The Balaban J connectivity index is 1.79. The molecular formula is C26H23NO. The van der Waals surface area contributed by atoms with Crippen molar-refractivity contribution in [2.75, 3.05) is 0 Å². The van der Waals surface area contributed by atoms with Crippen LogP contribution in [0.25, 0.3) is 44.0 Å². The van der Waals surface area contributed by atoms with Crippen molar-refractivity contribution in [3.8, 4) is 11.3 Å². The summed E-state index contributed by atoms with van der Waals surface area (Å²) in [6.45, 7) is 6.65. The summed E-state index contributed by atoms with van der Waals surface area (Å²) in [6.07, 6.45) is 3.00. The van der Waals surface area contributed by atoms with Crippen molar-refractivity contribution < 1.29 is 4.42 Å². The predicted octanol–water partition coefficient (Wildman–Crippen LogP) is 7.31. The summed E-state index contributed by atoms with van der Waals surface area (Å²) in [6, 6.07) is 21.5. The lowest BCUT2D eigenvalue weighted by Gasteiger charge is -2.10. The molecule has 0 saturated heterocycles. The SMILES string of the molecule is Cc1cc(-c2nccc3cc(CC(C)C)ccc23)c2oc3ccccc3c2c1. The van der Waals surface area contributed by atoms with Crippen molar-refractivity contribution in [1.82, 2.24) is 4.98 Å². The van der Waals surface area contributed by atoms with E-state index in [0.29, 0.717) is 5.92 Å². The van der Waals surface area contributed by atoms with Crippen LogP contribution in [0, 0.1) is 12.8 Å². The van der Waals surface area contributed by atoms with Crippen molar-refractivity contribution in [1.29, 1.82) is 0 Å². The lowest BCUT2D eigenvalue weighted by Crippen LogP contribution is -1.94. The molecule has 0 bridgehead atoms. The van der Waals surface area contributed by atoms with Crippen LogP contribution in [-0.4, -0.2) is 4.98 Å². The van der Waals surface area contributed by atoms with Gasteiger partial charge in [0.1, 0.15) is 11.2 Å². The average molecular weight is 365 g/mol. The van der Waals surface area contributed by atoms with Crippen LogP contribution in [0.5, 0.6) is 0 Å². The molecule has 0 aliphatic carbocycles. The summed E-state index contributed by atoms with van der Waals surface area (Å²) >= 11 is 0. The number of hydrogen-bond donors (Lipinski definition) is 0. The van der Waals surface area contributed by atoms with E-state index in [0.717, 1.165) is 39.6 Å². The Hall–Kier alpha value is -3.13. The lowest BCUT2D eigenvalue weighted by molar-refractivity contribution is 0.648. The van der Waals surface area contributed by atoms with Gasteiger partial charge < -0.3 is 4.42 Å². The van der Waals surface area contributed by atoms with Gasteiger partial charge in [-0.1, -0.05) is 50.2 Å². The van der Waals surface area contributed by atoms with Gasteiger partial charge in [-0.05, 0) is 60.0 Å². The van der Waals surface area contributed by atoms with Gasteiger partial charge in [0.25, 0.3) is 0 Å². The van der Waals surface area contributed by atoms with Gasteiger partial charge in [0, 0.05) is 27.9 Å². The first-order valence-corrected chi connectivity index (χ1v) is 9.90. The van der Waals surface area contributed by atoms with E-state index in [2.05, 4.69) is 69.3 Å². The lowest BCUT2D eigenvalue weighted by atomic mass is 9.96. The number of hydrogen-bond acceptors (Lipinski definition) is 2. The van der Waals surface area contributed by atoms with E-state index in [1.54, 1.807) is 0 Å². The molecule has 28 heavy (non-hydrogen) atoms. The highest BCUT2D eigenvalue weighted by atomic mass is 16.3. The topological polar surface area (TPSA) is 26.0 Å². The quantitative estimate of drug-likeness (QED) is 0.335. The number of rotatable bonds is 3. The molecule has 2 heteroatoms. The van der Waals surface area contributed by atoms with E-state index < -0.39 is 0 Å². The number of furan rings is 1. The molecule has 0 atom stereocenters. The van der Waals surface area contributed by atoms with Crippen LogP contribution in [0.1, 0.15) is 25.0 Å². The zero-order valence-electron chi connectivity index (χ0n) is 16.5. The minimum atomic E-state index is 0.644. The van der Waals surface area contributed by atoms with Crippen molar-refractivity contribution in [2.24, 2.45) is 5.92 Å². The number of pyridine rings is 1. The highest BCUT2D eigenvalue weighted by Crippen LogP contribution is 2.38. The number of fused-ring (bicyclic) bond motifs is 4. The monoisotopic (exact) mass is 365 g/mol. The predicted molar refractivity (Wildman–Crippen MR) is 118 cm³/mol. The molecule has 138 valence electrons. The molecule has 2 nitrogen and oxygen atoms in total. The smallest absolute Gasteiger partial charge is 0.144 e. The third-order valence-corrected chi connectivity index (χ3v) is 5.35. The number of aromatic nitrogens is 1. The van der Waals surface area contributed by atoms with E-state index >= 15 is 0 Å². The van der Waals surface area contributed by atoms with Gasteiger partial charge in [0.2, 0.25) is 0 Å². The first-order chi connectivity index (χ1) is 13.6. The second-order valence-corrected chi connectivity index (χ2v) is 8.10. The van der Waals surface area contributed by atoms with E-state index in [4.69, 9.17) is 9.40 Å². The Labute approximate surface area is 164 Å². The molecule has 0 aliphatic rings. The second-order valence-electron chi connectivity index (χ2n) is 8.10. The molecule has 5 aromatic rings. The van der Waals surface area contributed by atoms with Crippen molar-refractivity contribution in [3.05, 3.63) is 78.0 Å². The van der Waals surface area contributed by atoms with E-state index in [9.17, 15) is 0 Å². The largest absolute Gasteiger partial charge is 0.455 e. The van der Waals surface area contributed by atoms with Gasteiger partial charge in [0.15, 0.2) is 0 Å². The number of aryl methyl sites for hydroxylation is 1. The highest BCUT2D eigenvalue weighted by Gasteiger charge is 2.16. The number of para-hydroxylation sites is 1. The first-order valence-electron chi connectivity index (χ1n) is 9.90. The minimum Gasteiger partial charge on any atom is -0.455 e. The molecule has 5 rings (SSSR count). The van der Waals surface area contributed by atoms with Gasteiger partial charge in [0.05, 0.1) is 5.69 Å². The molecule has 0 radical (unpaired) electrons. The molecule has 0 spiro atoms. The average Bonchev–Trinajstić information content (AvgIpc) is 3.05. The van der Waals surface area contributed by atoms with Crippen molar-refractivity contribution in [3.63, 3.8) is 0 Å². The summed E-state index contributed by atoms with van der Waals surface area (Å²) < 4.78 is 6.28.